The summed E-state index contributed by atoms with van der Waals surface area (Å²) in [5.74, 6) is 1.68. The van der Waals surface area contributed by atoms with Crippen LogP contribution in [0.2, 0.25) is 0 Å². The van der Waals surface area contributed by atoms with Crippen LogP contribution in [0.1, 0.15) is 37.1 Å². The number of benzene rings is 1. The molecule has 2 aromatic rings. The van der Waals surface area contributed by atoms with Crippen LogP contribution in [0.15, 0.2) is 35.5 Å². The number of aliphatic hydroxyl groups excluding tert-OH is 1. The number of hydrogen-bond acceptors (Lipinski definition) is 5. The van der Waals surface area contributed by atoms with Crippen molar-refractivity contribution < 1.29 is 9.90 Å². The van der Waals surface area contributed by atoms with Crippen molar-refractivity contribution in [1.82, 2.24) is 20.1 Å². The SMILES string of the molecule is CC(CO)NC(=O)CSc1nnc(C2CC2)n1Cc1ccccc1. The number of aliphatic hydroxyl groups is 1. The van der Waals surface area contributed by atoms with Gasteiger partial charge in [-0.1, -0.05) is 42.1 Å². The molecule has 6 nitrogen and oxygen atoms in total. The van der Waals surface area contributed by atoms with Gasteiger partial charge in [-0.05, 0) is 25.3 Å². The third-order valence-electron chi connectivity index (χ3n) is 3.89. The van der Waals surface area contributed by atoms with E-state index >= 15 is 0 Å². The molecule has 0 spiro atoms. The fraction of sp³-hybridized carbons (Fsp3) is 0.471. The summed E-state index contributed by atoms with van der Waals surface area (Å²) in [7, 11) is 0. The molecule has 1 unspecified atom stereocenters. The van der Waals surface area contributed by atoms with E-state index in [1.165, 1.54) is 17.3 Å². The molecule has 0 saturated heterocycles. The van der Waals surface area contributed by atoms with Crippen LogP contribution in [-0.2, 0) is 11.3 Å². The molecule has 2 N–H and O–H groups in total. The Kier molecular flexibility index (Phi) is 5.52. The molecule has 0 bridgehead atoms. The number of rotatable bonds is 8. The molecule has 24 heavy (non-hydrogen) atoms. The van der Waals surface area contributed by atoms with Crippen LogP contribution >= 0.6 is 11.8 Å². The van der Waals surface area contributed by atoms with Gasteiger partial charge in [0.05, 0.1) is 18.9 Å². The second kappa shape index (κ2) is 7.81. The normalized spacial score (nSPS) is 15.2. The largest absolute Gasteiger partial charge is 0.394 e. The molecule has 1 aliphatic rings. The average Bonchev–Trinajstić information content (AvgIpc) is 3.36. The molecule has 0 aliphatic heterocycles. The monoisotopic (exact) mass is 346 g/mol. The Bertz CT molecular complexity index is 685. The van der Waals surface area contributed by atoms with Gasteiger partial charge in [-0.2, -0.15) is 0 Å². The molecule has 1 fully saturated rings. The predicted octanol–water partition coefficient (Wildman–Crippen LogP) is 1.79. The van der Waals surface area contributed by atoms with E-state index in [9.17, 15) is 4.79 Å². The van der Waals surface area contributed by atoms with E-state index in [0.29, 0.717) is 5.92 Å². The Morgan fingerprint density at radius 2 is 2.12 bits per heavy atom. The van der Waals surface area contributed by atoms with E-state index in [4.69, 9.17) is 5.11 Å². The van der Waals surface area contributed by atoms with Crippen molar-refractivity contribution in [2.45, 2.75) is 43.4 Å². The van der Waals surface area contributed by atoms with Crippen molar-refractivity contribution in [3.8, 4) is 0 Å². The Hall–Kier alpha value is -1.86. The quantitative estimate of drug-likeness (QED) is 0.713. The Morgan fingerprint density at radius 3 is 2.79 bits per heavy atom. The van der Waals surface area contributed by atoms with E-state index in [0.717, 1.165) is 30.4 Å². The van der Waals surface area contributed by atoms with Gasteiger partial charge >= 0.3 is 0 Å². The maximum Gasteiger partial charge on any atom is 0.230 e. The molecular formula is C17H22N4O2S. The minimum absolute atomic E-state index is 0.0631. The third kappa shape index (κ3) is 4.36. The van der Waals surface area contributed by atoms with Gasteiger partial charge in [0.15, 0.2) is 5.16 Å². The van der Waals surface area contributed by atoms with Gasteiger partial charge in [-0.25, -0.2) is 0 Å². The fourth-order valence-electron chi connectivity index (χ4n) is 2.46. The molecule has 1 heterocycles. The first-order chi connectivity index (χ1) is 11.7. The topological polar surface area (TPSA) is 80.0 Å². The highest BCUT2D eigenvalue weighted by Gasteiger charge is 2.30. The highest BCUT2D eigenvalue weighted by Crippen LogP contribution is 2.40. The first-order valence-electron chi connectivity index (χ1n) is 8.17. The van der Waals surface area contributed by atoms with Crippen molar-refractivity contribution in [2.75, 3.05) is 12.4 Å². The van der Waals surface area contributed by atoms with E-state index in [2.05, 4.69) is 32.2 Å². The summed E-state index contributed by atoms with van der Waals surface area (Å²) in [5, 5.41) is 21.2. The highest BCUT2D eigenvalue weighted by molar-refractivity contribution is 7.99. The van der Waals surface area contributed by atoms with Gasteiger partial charge in [0.25, 0.3) is 0 Å². The van der Waals surface area contributed by atoms with Crippen molar-refractivity contribution in [3.63, 3.8) is 0 Å². The standard InChI is InChI=1S/C17H22N4O2S/c1-12(10-22)18-15(23)11-24-17-20-19-16(14-7-8-14)21(17)9-13-5-3-2-4-6-13/h2-6,12,14,22H,7-11H2,1H3,(H,18,23). The number of carbonyl (C=O) groups excluding carboxylic acids is 1. The summed E-state index contributed by atoms with van der Waals surface area (Å²) in [6, 6.07) is 9.98. The van der Waals surface area contributed by atoms with Gasteiger partial charge < -0.3 is 15.0 Å². The zero-order valence-corrected chi connectivity index (χ0v) is 14.5. The number of aromatic nitrogens is 3. The van der Waals surface area contributed by atoms with Gasteiger partial charge in [0.1, 0.15) is 5.82 Å². The van der Waals surface area contributed by atoms with Gasteiger partial charge in [0.2, 0.25) is 5.91 Å². The number of amides is 1. The first kappa shape index (κ1) is 17.0. The minimum Gasteiger partial charge on any atom is -0.394 e. The third-order valence-corrected chi connectivity index (χ3v) is 4.85. The maximum absolute atomic E-state index is 11.9. The summed E-state index contributed by atoms with van der Waals surface area (Å²) in [6.07, 6.45) is 2.32. The first-order valence-corrected chi connectivity index (χ1v) is 9.16. The molecule has 1 amide bonds. The zero-order chi connectivity index (χ0) is 16.9. The summed E-state index contributed by atoms with van der Waals surface area (Å²) < 4.78 is 2.13. The summed E-state index contributed by atoms with van der Waals surface area (Å²) in [4.78, 5) is 11.9. The van der Waals surface area contributed by atoms with E-state index in [1.54, 1.807) is 6.92 Å². The minimum atomic E-state index is -0.234. The molecule has 3 rings (SSSR count). The molecule has 1 aliphatic carbocycles. The lowest BCUT2D eigenvalue weighted by Crippen LogP contribution is -2.36. The van der Waals surface area contributed by atoms with Crippen molar-refractivity contribution in [2.24, 2.45) is 0 Å². The van der Waals surface area contributed by atoms with Gasteiger partial charge in [0, 0.05) is 12.0 Å². The second-order valence-electron chi connectivity index (χ2n) is 6.13. The molecule has 1 atom stereocenters. The van der Waals surface area contributed by atoms with Crippen LogP contribution in [0.4, 0.5) is 0 Å². The smallest absolute Gasteiger partial charge is 0.230 e. The van der Waals surface area contributed by atoms with Gasteiger partial charge in [-0.15, -0.1) is 10.2 Å². The van der Waals surface area contributed by atoms with Crippen LogP contribution in [-0.4, -0.2) is 44.2 Å². The lowest BCUT2D eigenvalue weighted by atomic mass is 10.2. The zero-order valence-electron chi connectivity index (χ0n) is 13.7. The summed E-state index contributed by atoms with van der Waals surface area (Å²) in [6.45, 7) is 2.43. The number of thioether (sulfide) groups is 1. The lowest BCUT2D eigenvalue weighted by Gasteiger charge is -2.12. The summed E-state index contributed by atoms with van der Waals surface area (Å²) >= 11 is 1.39. The van der Waals surface area contributed by atoms with E-state index < -0.39 is 0 Å². The number of nitrogens with zero attached hydrogens (tertiary/aromatic N) is 3. The number of carbonyl (C=O) groups is 1. The fourth-order valence-corrected chi connectivity index (χ4v) is 3.21. The predicted molar refractivity (Wildman–Crippen MR) is 93.0 cm³/mol. The molecule has 1 saturated carbocycles. The molecular weight excluding hydrogens is 324 g/mol. The Balaban J connectivity index is 1.70. The van der Waals surface area contributed by atoms with Crippen LogP contribution in [0.25, 0.3) is 0 Å². The van der Waals surface area contributed by atoms with E-state index in [1.807, 2.05) is 18.2 Å². The molecule has 1 aromatic heterocycles. The van der Waals surface area contributed by atoms with Gasteiger partial charge in [-0.3, -0.25) is 4.79 Å². The van der Waals surface area contributed by atoms with Crippen molar-refractivity contribution in [3.05, 3.63) is 41.7 Å². The average molecular weight is 346 g/mol. The number of nitrogens with one attached hydrogen (secondary N) is 1. The highest BCUT2D eigenvalue weighted by atomic mass is 32.2. The number of hydrogen-bond donors (Lipinski definition) is 2. The van der Waals surface area contributed by atoms with Crippen LogP contribution in [0.3, 0.4) is 0 Å². The molecule has 0 radical (unpaired) electrons. The second-order valence-corrected chi connectivity index (χ2v) is 7.07. The van der Waals surface area contributed by atoms with Crippen molar-refractivity contribution >= 4 is 17.7 Å². The van der Waals surface area contributed by atoms with E-state index in [-0.39, 0.29) is 24.3 Å². The Labute approximate surface area is 145 Å². The van der Waals surface area contributed by atoms with Crippen LogP contribution < -0.4 is 5.32 Å². The van der Waals surface area contributed by atoms with Crippen LogP contribution in [0, 0.1) is 0 Å². The maximum atomic E-state index is 11.9. The Morgan fingerprint density at radius 1 is 1.38 bits per heavy atom. The molecule has 128 valence electrons. The molecule has 7 heteroatoms. The van der Waals surface area contributed by atoms with Crippen molar-refractivity contribution in [1.29, 1.82) is 0 Å². The lowest BCUT2D eigenvalue weighted by molar-refractivity contribution is -0.119. The molecule has 1 aromatic carbocycles. The van der Waals surface area contributed by atoms with Crippen LogP contribution in [0.5, 0.6) is 0 Å². The summed E-state index contributed by atoms with van der Waals surface area (Å²) in [5.41, 5.74) is 1.19.